The number of aliphatic hydroxyl groups is 2. The van der Waals surface area contributed by atoms with Crippen molar-refractivity contribution in [3.8, 4) is 0 Å². The number of nitrogens with zero attached hydrogens (tertiary/aromatic N) is 2. The second kappa shape index (κ2) is 7.25. The quantitative estimate of drug-likeness (QED) is 0.659. The van der Waals surface area contributed by atoms with Gasteiger partial charge in [-0.25, -0.2) is 0 Å². The Kier molecular flexibility index (Phi) is 5.98. The minimum atomic E-state index is -0.933. The molecule has 0 aliphatic heterocycles. The molecule has 6 heteroatoms. The number of aromatic nitrogens is 2. The Hall–Kier alpha value is -1.40. The fourth-order valence-electron chi connectivity index (χ4n) is 1.78. The summed E-state index contributed by atoms with van der Waals surface area (Å²) in [5.74, 6) is 0.198. The smallest absolute Gasteiger partial charge is 0.269 e. The van der Waals surface area contributed by atoms with Gasteiger partial charge in [0.15, 0.2) is 0 Å². The van der Waals surface area contributed by atoms with E-state index in [-0.39, 0.29) is 19.1 Å². The number of hydrogen-bond acceptors (Lipinski definition) is 4. The van der Waals surface area contributed by atoms with Gasteiger partial charge in [0.25, 0.3) is 5.91 Å². The second-order valence-electron chi connectivity index (χ2n) is 4.98. The van der Waals surface area contributed by atoms with E-state index in [1.165, 1.54) is 0 Å². The number of carbonyl (C=O) groups excluding carboxylic acids is 1. The van der Waals surface area contributed by atoms with Crippen LogP contribution in [-0.2, 0) is 13.0 Å². The molecule has 0 saturated carbocycles. The van der Waals surface area contributed by atoms with Gasteiger partial charge in [-0.2, -0.15) is 5.10 Å². The van der Waals surface area contributed by atoms with Crippen molar-refractivity contribution in [3.63, 3.8) is 0 Å². The lowest BCUT2D eigenvalue weighted by Crippen LogP contribution is -2.34. The van der Waals surface area contributed by atoms with Crippen LogP contribution in [0.25, 0.3) is 0 Å². The predicted octanol–water partition coefficient (Wildman–Crippen LogP) is 0.185. The molecule has 0 aliphatic rings. The molecule has 1 rings (SSSR count). The lowest BCUT2D eigenvalue weighted by atomic mass is 10.1. The van der Waals surface area contributed by atoms with Gasteiger partial charge in [0.05, 0.1) is 18.4 Å². The van der Waals surface area contributed by atoms with Crippen LogP contribution in [0.1, 0.15) is 37.0 Å². The predicted molar refractivity (Wildman–Crippen MR) is 71.9 cm³/mol. The van der Waals surface area contributed by atoms with Gasteiger partial charge >= 0.3 is 0 Å². The number of rotatable bonds is 7. The lowest BCUT2D eigenvalue weighted by Gasteiger charge is -2.09. The van der Waals surface area contributed by atoms with Gasteiger partial charge in [-0.1, -0.05) is 13.8 Å². The molecule has 1 amide bonds. The van der Waals surface area contributed by atoms with Crippen LogP contribution in [-0.4, -0.2) is 45.2 Å². The van der Waals surface area contributed by atoms with Gasteiger partial charge in [0.1, 0.15) is 5.69 Å². The Morgan fingerprint density at radius 2 is 2.21 bits per heavy atom. The number of aliphatic hydroxyl groups excluding tert-OH is 2. The third-order valence-electron chi connectivity index (χ3n) is 2.69. The first kappa shape index (κ1) is 15.7. The highest BCUT2D eigenvalue weighted by Gasteiger charge is 2.15. The largest absolute Gasteiger partial charge is 0.394 e. The minimum absolute atomic E-state index is 0.0315. The van der Waals surface area contributed by atoms with E-state index in [1.54, 1.807) is 10.7 Å². The maximum Gasteiger partial charge on any atom is 0.269 e. The van der Waals surface area contributed by atoms with E-state index in [1.807, 2.05) is 6.92 Å². The van der Waals surface area contributed by atoms with E-state index in [0.29, 0.717) is 18.2 Å². The van der Waals surface area contributed by atoms with E-state index in [2.05, 4.69) is 24.3 Å². The molecule has 0 saturated heterocycles. The summed E-state index contributed by atoms with van der Waals surface area (Å²) in [5.41, 5.74) is 1.38. The molecular formula is C13H23N3O3. The molecular weight excluding hydrogens is 246 g/mol. The van der Waals surface area contributed by atoms with Crippen molar-refractivity contribution in [2.75, 3.05) is 13.2 Å². The van der Waals surface area contributed by atoms with Gasteiger partial charge in [-0.15, -0.1) is 0 Å². The fourth-order valence-corrected chi connectivity index (χ4v) is 1.78. The molecule has 0 radical (unpaired) electrons. The molecule has 0 spiro atoms. The molecule has 19 heavy (non-hydrogen) atoms. The van der Waals surface area contributed by atoms with Gasteiger partial charge < -0.3 is 15.5 Å². The zero-order chi connectivity index (χ0) is 14.4. The molecule has 1 aromatic heterocycles. The average Bonchev–Trinajstić information content (AvgIpc) is 2.77. The van der Waals surface area contributed by atoms with Gasteiger partial charge in [0.2, 0.25) is 0 Å². The summed E-state index contributed by atoms with van der Waals surface area (Å²) in [6.07, 6.45) is -0.107. The number of hydrogen-bond donors (Lipinski definition) is 3. The highest BCUT2D eigenvalue weighted by atomic mass is 16.3. The van der Waals surface area contributed by atoms with E-state index < -0.39 is 6.10 Å². The molecule has 6 nitrogen and oxygen atoms in total. The zero-order valence-corrected chi connectivity index (χ0v) is 11.8. The van der Waals surface area contributed by atoms with Crippen LogP contribution >= 0.6 is 0 Å². The Morgan fingerprint density at radius 1 is 1.53 bits per heavy atom. The minimum Gasteiger partial charge on any atom is -0.394 e. The molecule has 0 unspecified atom stereocenters. The summed E-state index contributed by atoms with van der Waals surface area (Å²) in [5, 5.41) is 24.9. The number of carbonyl (C=O) groups is 1. The summed E-state index contributed by atoms with van der Waals surface area (Å²) < 4.78 is 1.65. The molecule has 0 aromatic carbocycles. The monoisotopic (exact) mass is 269 g/mol. The van der Waals surface area contributed by atoms with Crippen molar-refractivity contribution in [1.29, 1.82) is 0 Å². The molecule has 0 bridgehead atoms. The summed E-state index contributed by atoms with van der Waals surface area (Å²) in [6.45, 7) is 6.40. The molecule has 1 aromatic rings. The summed E-state index contributed by atoms with van der Waals surface area (Å²) in [6, 6.07) is 1.78. The van der Waals surface area contributed by atoms with Crippen molar-refractivity contribution in [2.45, 2.75) is 39.8 Å². The third-order valence-corrected chi connectivity index (χ3v) is 2.69. The van der Waals surface area contributed by atoms with Gasteiger partial charge in [-0.3, -0.25) is 9.48 Å². The molecule has 1 heterocycles. The first-order valence-corrected chi connectivity index (χ1v) is 6.61. The zero-order valence-electron chi connectivity index (χ0n) is 11.8. The Bertz CT molecular complexity index is 415. The van der Waals surface area contributed by atoms with E-state index >= 15 is 0 Å². The normalized spacial score (nSPS) is 12.7. The highest BCUT2D eigenvalue weighted by Crippen LogP contribution is 2.10. The van der Waals surface area contributed by atoms with E-state index in [0.717, 1.165) is 12.1 Å². The standard InChI is InChI=1S/C13H23N3O3/c1-4-16-12(6-10(15-16)5-9(2)3)13(19)14-7-11(18)8-17/h6,9,11,17-18H,4-5,7-8H2,1-3H3,(H,14,19)/t11-/m0/s1. The van der Waals surface area contributed by atoms with Crippen LogP contribution in [0.5, 0.6) is 0 Å². The third kappa shape index (κ3) is 4.65. The first-order valence-electron chi connectivity index (χ1n) is 6.61. The van der Waals surface area contributed by atoms with Crippen LogP contribution in [0.15, 0.2) is 6.07 Å². The SMILES string of the molecule is CCn1nc(CC(C)C)cc1C(=O)NC[C@H](O)CO. The Morgan fingerprint density at radius 3 is 2.74 bits per heavy atom. The number of amides is 1. The van der Waals surface area contributed by atoms with E-state index in [9.17, 15) is 9.90 Å². The van der Waals surface area contributed by atoms with Crippen molar-refractivity contribution >= 4 is 5.91 Å². The molecule has 0 fully saturated rings. The average molecular weight is 269 g/mol. The Labute approximate surface area is 113 Å². The van der Waals surface area contributed by atoms with Crippen LogP contribution in [0, 0.1) is 5.92 Å². The van der Waals surface area contributed by atoms with Crippen LogP contribution in [0.4, 0.5) is 0 Å². The second-order valence-corrected chi connectivity index (χ2v) is 4.98. The van der Waals surface area contributed by atoms with Gasteiger partial charge in [-0.05, 0) is 25.3 Å². The van der Waals surface area contributed by atoms with Crippen molar-refractivity contribution in [1.82, 2.24) is 15.1 Å². The lowest BCUT2D eigenvalue weighted by molar-refractivity contribution is 0.0795. The summed E-state index contributed by atoms with van der Waals surface area (Å²) in [4.78, 5) is 12.0. The van der Waals surface area contributed by atoms with Crippen molar-refractivity contribution in [3.05, 3.63) is 17.5 Å². The first-order chi connectivity index (χ1) is 8.97. The summed E-state index contributed by atoms with van der Waals surface area (Å²) >= 11 is 0. The fraction of sp³-hybridized carbons (Fsp3) is 0.692. The van der Waals surface area contributed by atoms with Crippen LogP contribution in [0.2, 0.25) is 0 Å². The maximum absolute atomic E-state index is 12.0. The number of aryl methyl sites for hydroxylation is 1. The van der Waals surface area contributed by atoms with E-state index in [4.69, 9.17) is 5.11 Å². The van der Waals surface area contributed by atoms with Crippen molar-refractivity contribution < 1.29 is 15.0 Å². The molecule has 108 valence electrons. The number of nitrogens with one attached hydrogen (secondary N) is 1. The Balaban J connectivity index is 2.74. The molecule has 0 aliphatic carbocycles. The maximum atomic E-state index is 12.0. The highest BCUT2D eigenvalue weighted by molar-refractivity contribution is 5.92. The molecule has 1 atom stereocenters. The van der Waals surface area contributed by atoms with Crippen LogP contribution in [0.3, 0.4) is 0 Å². The van der Waals surface area contributed by atoms with Crippen LogP contribution < -0.4 is 5.32 Å². The molecule has 3 N–H and O–H groups in total. The van der Waals surface area contributed by atoms with Gasteiger partial charge in [0, 0.05) is 13.1 Å². The van der Waals surface area contributed by atoms with Crippen molar-refractivity contribution in [2.24, 2.45) is 5.92 Å². The topological polar surface area (TPSA) is 87.4 Å². The summed E-state index contributed by atoms with van der Waals surface area (Å²) in [7, 11) is 0.